The maximum atomic E-state index is 12.4. The summed E-state index contributed by atoms with van der Waals surface area (Å²) in [5.41, 5.74) is 2.01. The van der Waals surface area contributed by atoms with Crippen LogP contribution >= 0.6 is 24.0 Å². The van der Waals surface area contributed by atoms with E-state index in [0.717, 1.165) is 16.9 Å². The lowest BCUT2D eigenvalue weighted by Gasteiger charge is -2.19. The van der Waals surface area contributed by atoms with E-state index in [1.54, 1.807) is 7.11 Å². The Bertz CT molecular complexity index is 616. The fourth-order valence-corrected chi connectivity index (χ4v) is 2.42. The molecule has 6 nitrogen and oxygen atoms in total. The van der Waals surface area contributed by atoms with Crippen molar-refractivity contribution in [2.24, 2.45) is 4.99 Å². The summed E-state index contributed by atoms with van der Waals surface area (Å²) in [5, 5.41) is 6.16. The number of aryl methyl sites for hydroxylation is 1. The molecule has 10 heteroatoms. The van der Waals surface area contributed by atoms with Gasteiger partial charge in [0.15, 0.2) is 5.96 Å². The highest BCUT2D eigenvalue weighted by Crippen LogP contribution is 2.21. The van der Waals surface area contributed by atoms with Crippen LogP contribution in [0.25, 0.3) is 0 Å². The number of aliphatic imine (C=N–C) groups is 1. The molecule has 1 aromatic carbocycles. The average Bonchev–Trinajstić information content (AvgIpc) is 2.59. The molecule has 0 aliphatic carbocycles. The van der Waals surface area contributed by atoms with Crippen molar-refractivity contribution in [2.45, 2.75) is 26.6 Å². The molecule has 0 bridgehead atoms. The van der Waals surface area contributed by atoms with Gasteiger partial charge in [0.05, 0.1) is 19.7 Å². The fourth-order valence-electron chi connectivity index (χ4n) is 2.42. The molecule has 0 aliphatic heterocycles. The zero-order valence-corrected chi connectivity index (χ0v) is 19.8. The molecule has 0 saturated carbocycles. The van der Waals surface area contributed by atoms with Crippen LogP contribution in [0.5, 0.6) is 5.75 Å². The first-order valence-corrected chi connectivity index (χ1v) is 9.24. The van der Waals surface area contributed by atoms with Crippen molar-refractivity contribution in [1.82, 2.24) is 15.5 Å². The number of ether oxygens (including phenoxy) is 2. The van der Waals surface area contributed by atoms with Gasteiger partial charge >= 0.3 is 6.18 Å². The monoisotopic (exact) mass is 532 g/mol. The van der Waals surface area contributed by atoms with Gasteiger partial charge in [0.2, 0.25) is 0 Å². The van der Waals surface area contributed by atoms with Crippen LogP contribution in [0.1, 0.15) is 18.1 Å². The lowest BCUT2D eigenvalue weighted by molar-refractivity contribution is -0.142. The summed E-state index contributed by atoms with van der Waals surface area (Å²) in [6.45, 7) is 5.55. The molecule has 0 spiro atoms. The van der Waals surface area contributed by atoms with Crippen molar-refractivity contribution in [3.05, 3.63) is 29.3 Å². The number of alkyl halides is 3. The highest BCUT2D eigenvalue weighted by Gasteiger charge is 2.28. The Kier molecular flexibility index (Phi) is 14.0. The number of nitrogens with zero attached hydrogens (tertiary/aromatic N) is 2. The number of methoxy groups -OCH3 is 1. The molecular formula is C19H32F3IN4O2. The van der Waals surface area contributed by atoms with Gasteiger partial charge in [0.1, 0.15) is 12.4 Å². The predicted molar refractivity (Wildman–Crippen MR) is 120 cm³/mol. The molecule has 1 aromatic rings. The number of benzene rings is 1. The van der Waals surface area contributed by atoms with Gasteiger partial charge in [-0.05, 0) is 32.5 Å². The van der Waals surface area contributed by atoms with Gasteiger partial charge in [-0.25, -0.2) is 4.99 Å². The number of hydrogen-bond donors (Lipinski definition) is 2. The van der Waals surface area contributed by atoms with Crippen molar-refractivity contribution in [3.63, 3.8) is 0 Å². The Morgan fingerprint density at radius 2 is 1.93 bits per heavy atom. The summed E-state index contributed by atoms with van der Waals surface area (Å²) in [7, 11) is 3.06. The second-order valence-corrected chi connectivity index (χ2v) is 6.43. The second-order valence-electron chi connectivity index (χ2n) is 6.43. The standard InChI is InChI=1S/C19H31F3N4O2.HI/c1-5-23-18(24-8-9-26(3)14-19(20,21)22)25-13-16-7-6-15(2)12-17(16)28-11-10-27-4;/h6-7,12H,5,8-11,13-14H2,1-4H3,(H2,23,24,25);1H. The van der Waals surface area contributed by atoms with E-state index in [0.29, 0.717) is 38.8 Å². The summed E-state index contributed by atoms with van der Waals surface area (Å²) >= 11 is 0. The molecule has 0 saturated heterocycles. The van der Waals surface area contributed by atoms with Gasteiger partial charge in [-0.1, -0.05) is 12.1 Å². The zero-order valence-electron chi connectivity index (χ0n) is 17.4. The van der Waals surface area contributed by atoms with Crippen molar-refractivity contribution in [1.29, 1.82) is 0 Å². The van der Waals surface area contributed by atoms with Gasteiger partial charge in [0, 0.05) is 32.3 Å². The number of nitrogens with one attached hydrogen (secondary N) is 2. The molecule has 0 aliphatic rings. The summed E-state index contributed by atoms with van der Waals surface area (Å²) in [6, 6.07) is 5.90. The minimum absolute atomic E-state index is 0. The molecule has 0 heterocycles. The molecular weight excluding hydrogens is 500 g/mol. The first-order valence-electron chi connectivity index (χ1n) is 9.24. The summed E-state index contributed by atoms with van der Waals surface area (Å²) in [5.74, 6) is 1.30. The van der Waals surface area contributed by atoms with Crippen LogP contribution < -0.4 is 15.4 Å². The SMILES string of the molecule is CCNC(=NCc1ccc(C)cc1OCCOC)NCCN(C)CC(F)(F)F.I. The largest absolute Gasteiger partial charge is 0.491 e. The summed E-state index contributed by atoms with van der Waals surface area (Å²) in [4.78, 5) is 5.74. The van der Waals surface area contributed by atoms with E-state index >= 15 is 0 Å². The number of halogens is 4. The third kappa shape index (κ3) is 12.8. The van der Waals surface area contributed by atoms with Gasteiger partial charge in [-0.3, -0.25) is 4.90 Å². The smallest absolute Gasteiger partial charge is 0.401 e. The van der Waals surface area contributed by atoms with E-state index in [-0.39, 0.29) is 30.5 Å². The normalized spacial score (nSPS) is 11.9. The minimum Gasteiger partial charge on any atom is -0.491 e. The maximum absolute atomic E-state index is 12.4. The highest BCUT2D eigenvalue weighted by atomic mass is 127. The molecule has 0 amide bonds. The molecule has 29 heavy (non-hydrogen) atoms. The Morgan fingerprint density at radius 3 is 2.55 bits per heavy atom. The molecule has 0 fully saturated rings. The maximum Gasteiger partial charge on any atom is 0.401 e. The molecule has 1 rings (SSSR count). The Labute approximate surface area is 188 Å². The Balaban J connectivity index is 0.00000784. The lowest BCUT2D eigenvalue weighted by atomic mass is 10.1. The highest BCUT2D eigenvalue weighted by molar-refractivity contribution is 14.0. The third-order valence-corrected chi connectivity index (χ3v) is 3.75. The van der Waals surface area contributed by atoms with E-state index in [9.17, 15) is 13.2 Å². The van der Waals surface area contributed by atoms with E-state index in [4.69, 9.17) is 9.47 Å². The minimum atomic E-state index is -4.20. The van der Waals surface area contributed by atoms with Crippen molar-refractivity contribution in [2.75, 3.05) is 53.6 Å². The number of likely N-dealkylation sites (N-methyl/N-ethyl adjacent to an activating group) is 1. The summed E-state index contributed by atoms with van der Waals surface area (Å²) < 4.78 is 47.9. The van der Waals surface area contributed by atoms with Crippen LogP contribution in [0.2, 0.25) is 0 Å². The van der Waals surface area contributed by atoms with Crippen LogP contribution in [0.3, 0.4) is 0 Å². The molecule has 0 unspecified atom stereocenters. The van der Waals surface area contributed by atoms with Crippen LogP contribution in [-0.4, -0.2) is 70.6 Å². The first-order chi connectivity index (χ1) is 13.2. The lowest BCUT2D eigenvalue weighted by Crippen LogP contribution is -2.42. The van der Waals surface area contributed by atoms with Gasteiger partial charge < -0.3 is 20.1 Å². The number of rotatable bonds is 11. The molecule has 2 N–H and O–H groups in total. The fraction of sp³-hybridized carbons (Fsp3) is 0.632. The molecule has 0 radical (unpaired) electrons. The Hall–Kier alpha value is -1.27. The van der Waals surface area contributed by atoms with E-state index in [1.807, 2.05) is 32.0 Å². The Morgan fingerprint density at radius 1 is 1.21 bits per heavy atom. The van der Waals surface area contributed by atoms with Crippen LogP contribution in [-0.2, 0) is 11.3 Å². The molecule has 168 valence electrons. The second kappa shape index (κ2) is 14.7. The van der Waals surface area contributed by atoms with Gasteiger partial charge in [-0.2, -0.15) is 13.2 Å². The first kappa shape index (κ1) is 27.7. The average molecular weight is 532 g/mol. The topological polar surface area (TPSA) is 58.1 Å². The van der Waals surface area contributed by atoms with Gasteiger partial charge in [0.25, 0.3) is 0 Å². The van der Waals surface area contributed by atoms with Crippen LogP contribution in [0, 0.1) is 6.92 Å². The number of guanidine groups is 1. The van der Waals surface area contributed by atoms with Gasteiger partial charge in [-0.15, -0.1) is 24.0 Å². The van der Waals surface area contributed by atoms with Crippen molar-refractivity contribution < 1.29 is 22.6 Å². The van der Waals surface area contributed by atoms with E-state index in [1.165, 1.54) is 11.9 Å². The van der Waals surface area contributed by atoms with Crippen LogP contribution in [0.15, 0.2) is 23.2 Å². The summed E-state index contributed by atoms with van der Waals surface area (Å²) in [6.07, 6.45) is -4.20. The van der Waals surface area contributed by atoms with E-state index < -0.39 is 12.7 Å². The third-order valence-electron chi connectivity index (χ3n) is 3.75. The predicted octanol–water partition coefficient (Wildman–Crippen LogP) is 3.19. The molecule has 0 aromatic heterocycles. The van der Waals surface area contributed by atoms with Crippen molar-refractivity contribution >= 4 is 29.9 Å². The van der Waals surface area contributed by atoms with Crippen molar-refractivity contribution in [3.8, 4) is 5.75 Å². The van der Waals surface area contributed by atoms with Crippen LogP contribution in [0.4, 0.5) is 13.2 Å². The molecule has 0 atom stereocenters. The number of hydrogen-bond acceptors (Lipinski definition) is 4. The zero-order chi connectivity index (χ0) is 21.0. The quantitative estimate of drug-likeness (QED) is 0.199. The van der Waals surface area contributed by atoms with E-state index in [2.05, 4.69) is 15.6 Å².